The van der Waals surface area contributed by atoms with E-state index in [-0.39, 0.29) is 62.8 Å². The van der Waals surface area contributed by atoms with Crippen molar-refractivity contribution in [2.45, 2.75) is 220 Å². The van der Waals surface area contributed by atoms with Gasteiger partial charge in [0.25, 0.3) is 0 Å². The third-order valence-corrected chi connectivity index (χ3v) is 16.4. The Kier molecular flexibility index (Phi) is 26.2. The number of cyclic esters (lactones) is 1. The molecule has 4 heterocycles. The van der Waals surface area contributed by atoms with Crippen molar-refractivity contribution in [3.05, 3.63) is 35.9 Å². The summed E-state index contributed by atoms with van der Waals surface area (Å²) in [6, 6.07) is 9.07. The molecule has 1 amide bonds. The number of carbonyl (C=O) groups excluding carboxylic acids is 4. The number of ether oxygens (including phenoxy) is 11. The van der Waals surface area contributed by atoms with Crippen LogP contribution in [0, 0.1) is 41.4 Å². The maximum atomic E-state index is 15.9. The molecule has 22 nitrogen and oxygen atoms in total. The van der Waals surface area contributed by atoms with Gasteiger partial charge in [-0.05, 0) is 65.4 Å². The van der Waals surface area contributed by atoms with Crippen molar-refractivity contribution in [2.75, 3.05) is 47.6 Å². The Morgan fingerprint density at radius 3 is 2.14 bits per heavy atom. The average molecular weight is 1150 g/mol. The smallest absolute Gasteiger partial charge is 0.408 e. The van der Waals surface area contributed by atoms with E-state index in [1.807, 2.05) is 71.9 Å². The average Bonchev–Trinajstić information content (AvgIpc) is 3.56. The predicted octanol–water partition coefficient (Wildman–Crippen LogP) is 5.57. The monoisotopic (exact) mass is 1150 g/mol. The Morgan fingerprint density at radius 2 is 1.51 bits per heavy atom. The molecule has 462 valence electrons. The van der Waals surface area contributed by atoms with Crippen LogP contribution in [0.4, 0.5) is 4.79 Å². The molecule has 4 fully saturated rings. The van der Waals surface area contributed by atoms with Crippen LogP contribution >= 0.6 is 0 Å². The van der Waals surface area contributed by atoms with Gasteiger partial charge < -0.3 is 77.6 Å². The minimum atomic E-state index is -1.98. The van der Waals surface area contributed by atoms with Gasteiger partial charge in [0.1, 0.15) is 43.7 Å². The number of nitrogens with zero attached hydrogens (tertiary/aromatic N) is 2. The van der Waals surface area contributed by atoms with Crippen LogP contribution in [0.2, 0.25) is 0 Å². The Hall–Kier alpha value is -3.91. The second kappa shape index (κ2) is 31.3. The van der Waals surface area contributed by atoms with E-state index in [0.717, 1.165) is 5.56 Å². The van der Waals surface area contributed by atoms with Crippen LogP contribution < -0.4 is 5.32 Å². The van der Waals surface area contributed by atoms with Crippen molar-refractivity contribution >= 4 is 29.5 Å². The summed E-state index contributed by atoms with van der Waals surface area (Å²) < 4.78 is 70.4. The number of aliphatic hydroxyl groups excluding tert-OH is 3. The molecular formula is C59H97N3O19. The number of carbonyl (C=O) groups is 4. The summed E-state index contributed by atoms with van der Waals surface area (Å²) in [6.45, 7) is 23.9. The summed E-state index contributed by atoms with van der Waals surface area (Å²) in [4.78, 5) is 66.8. The molecule has 1 aromatic carbocycles. The number of oxime groups is 1. The number of amides is 1. The topological polar surface area (TPSA) is 267 Å². The van der Waals surface area contributed by atoms with Crippen LogP contribution in [-0.4, -0.2) is 195 Å². The van der Waals surface area contributed by atoms with Gasteiger partial charge in [-0.2, -0.15) is 0 Å². The quantitative estimate of drug-likeness (QED) is 0.0749. The van der Waals surface area contributed by atoms with Crippen LogP contribution in [0.3, 0.4) is 0 Å². The molecule has 81 heavy (non-hydrogen) atoms. The highest BCUT2D eigenvalue weighted by Gasteiger charge is 2.53. The van der Waals surface area contributed by atoms with Crippen molar-refractivity contribution in [3.63, 3.8) is 0 Å². The summed E-state index contributed by atoms with van der Waals surface area (Å²) in [5.74, 6) is -7.60. The van der Waals surface area contributed by atoms with E-state index in [1.54, 1.807) is 41.5 Å². The molecular weight excluding hydrogens is 1050 g/mol. The van der Waals surface area contributed by atoms with Crippen molar-refractivity contribution in [3.8, 4) is 0 Å². The van der Waals surface area contributed by atoms with Gasteiger partial charge in [0.15, 0.2) is 30.3 Å². The molecule has 0 radical (unpaired) electrons. The van der Waals surface area contributed by atoms with Crippen molar-refractivity contribution in [1.29, 1.82) is 0 Å². The summed E-state index contributed by atoms with van der Waals surface area (Å²) in [5, 5.41) is 39.7. The molecule has 4 saturated heterocycles. The van der Waals surface area contributed by atoms with Crippen LogP contribution in [0.15, 0.2) is 35.5 Å². The maximum Gasteiger partial charge on any atom is 0.408 e. The third-order valence-electron chi connectivity index (χ3n) is 16.4. The molecule has 0 unspecified atom stereocenters. The first-order chi connectivity index (χ1) is 38.3. The molecule has 0 aromatic heterocycles. The minimum absolute atomic E-state index is 0.00221. The van der Waals surface area contributed by atoms with E-state index in [4.69, 9.17) is 56.9 Å². The number of benzene rings is 1. The zero-order valence-electron chi connectivity index (χ0n) is 50.7. The van der Waals surface area contributed by atoms with Gasteiger partial charge in [0.05, 0.1) is 61.3 Å². The zero-order valence-corrected chi connectivity index (χ0v) is 50.7. The first kappa shape index (κ1) is 67.9. The highest BCUT2D eigenvalue weighted by molar-refractivity contribution is 5.91. The summed E-state index contributed by atoms with van der Waals surface area (Å²) in [7, 11) is 4.27. The van der Waals surface area contributed by atoms with Gasteiger partial charge in [-0.25, -0.2) is 4.79 Å². The van der Waals surface area contributed by atoms with Gasteiger partial charge in [0, 0.05) is 76.9 Å². The normalized spacial score (nSPS) is 38.8. The number of hydrogen-bond donors (Lipinski definition) is 4. The van der Waals surface area contributed by atoms with Crippen LogP contribution in [0.1, 0.15) is 121 Å². The van der Waals surface area contributed by atoms with Crippen molar-refractivity contribution in [2.24, 2.45) is 46.6 Å². The lowest BCUT2D eigenvalue weighted by Crippen LogP contribution is -2.59. The molecule has 5 rings (SSSR count). The van der Waals surface area contributed by atoms with Gasteiger partial charge in [-0.3, -0.25) is 19.3 Å². The van der Waals surface area contributed by atoms with Crippen LogP contribution in [-0.2, 0) is 77.9 Å². The van der Waals surface area contributed by atoms with E-state index in [9.17, 15) is 24.9 Å². The number of Topliss-reactive ketones (excluding diaryl/α,β-unsaturated/α-hetero) is 1. The Labute approximate surface area is 479 Å². The molecule has 0 aliphatic carbocycles. The van der Waals surface area contributed by atoms with Crippen molar-refractivity contribution < 1.29 is 91.4 Å². The molecule has 0 bridgehead atoms. The number of methoxy groups -OCH3 is 2. The van der Waals surface area contributed by atoms with Crippen LogP contribution in [0.25, 0.3) is 0 Å². The fraction of sp³-hybridized carbons (Fsp3) is 0.814. The fourth-order valence-corrected chi connectivity index (χ4v) is 12.1. The Balaban J connectivity index is 1.71. The van der Waals surface area contributed by atoms with Crippen LogP contribution in [0.5, 0.6) is 0 Å². The third kappa shape index (κ3) is 18.1. The molecule has 22 atom stereocenters. The van der Waals surface area contributed by atoms with E-state index in [2.05, 4.69) is 15.4 Å². The van der Waals surface area contributed by atoms with E-state index >= 15 is 9.59 Å². The number of rotatable bonds is 19. The number of hydrogen-bond acceptors (Lipinski definition) is 21. The lowest BCUT2D eigenvalue weighted by atomic mass is 9.74. The minimum Gasteiger partial charge on any atom is -0.461 e. The van der Waals surface area contributed by atoms with E-state index in [1.165, 1.54) is 28.3 Å². The maximum absolute atomic E-state index is 15.9. The second-order valence-electron chi connectivity index (χ2n) is 23.8. The summed E-state index contributed by atoms with van der Waals surface area (Å²) in [6.07, 6.45) is -14.1. The standard InChI is InChI=1S/C59H97N3O19/c1-31(2)24-44(64)77-50-38(9)49(33(4)30-73-57-53(71-15)52(70-14)46(65)41(12)76-57)79-55(68)40(11)51(78-45-25-34(5)62(22-23-63)29-36(7)74-45)37(8)48(80-56-47(66)43(61-72-16)26-35(6)75-56)32(3)27-59(13,54(67)39(50)10)81-58(69)60-28-42-20-18-17-19-21-42/h17-21,31-41,45-53,56-57,63,65-66H,22-30H2,1-16H3,(H,60,69)/t32-,33-,34-,35+,36-,37+,38-,39+,40+,41+,45-,46+,47+,48-,49+,50+,51-,52+,53+,56-,57+,59-/m0/s1. The highest BCUT2D eigenvalue weighted by atomic mass is 16.7. The number of ketones is 1. The molecule has 4 N–H and O–H groups in total. The van der Waals surface area contributed by atoms with Gasteiger partial charge >= 0.3 is 18.0 Å². The fourth-order valence-electron chi connectivity index (χ4n) is 12.1. The number of nitrogens with one attached hydrogen (secondary N) is 1. The zero-order chi connectivity index (χ0) is 60.0. The number of esters is 2. The molecule has 0 saturated carbocycles. The largest absolute Gasteiger partial charge is 0.461 e. The lowest BCUT2D eigenvalue weighted by Gasteiger charge is -2.45. The highest BCUT2D eigenvalue weighted by Crippen LogP contribution is 2.40. The number of β-amino-alcohol motifs (C(OH)–C–C–N with tert-alkyl or cyclic N) is 1. The van der Waals surface area contributed by atoms with Gasteiger partial charge in [-0.1, -0.05) is 84.0 Å². The molecule has 4 aliphatic rings. The first-order valence-corrected chi connectivity index (χ1v) is 29.0. The second-order valence-corrected chi connectivity index (χ2v) is 23.8. The van der Waals surface area contributed by atoms with Gasteiger partial charge in [0.2, 0.25) is 0 Å². The summed E-state index contributed by atoms with van der Waals surface area (Å²) in [5.41, 5.74) is -0.920. The predicted molar refractivity (Wildman–Crippen MR) is 296 cm³/mol. The molecule has 22 heteroatoms. The lowest BCUT2D eigenvalue weighted by molar-refractivity contribution is -0.305. The molecule has 1 aromatic rings. The molecule has 0 spiro atoms. The summed E-state index contributed by atoms with van der Waals surface area (Å²) >= 11 is 0. The Morgan fingerprint density at radius 1 is 0.827 bits per heavy atom. The van der Waals surface area contributed by atoms with Gasteiger partial charge in [-0.15, -0.1) is 0 Å². The van der Waals surface area contributed by atoms with E-state index in [0.29, 0.717) is 19.5 Å². The Bertz CT molecular complexity index is 2160. The van der Waals surface area contributed by atoms with Crippen molar-refractivity contribution in [1.82, 2.24) is 10.2 Å². The van der Waals surface area contributed by atoms with E-state index < -0.39 is 145 Å². The molecule has 4 aliphatic heterocycles. The number of aliphatic hydroxyl groups is 3. The first-order valence-electron chi connectivity index (χ1n) is 29.0. The number of alkyl carbamates (subject to hydrolysis) is 1. The SMILES string of the molecule is CON=C1C[C@@H](C)O[C@@H](O[C@@H]2[C@@H](C)[C@H](O[C@H]3C[C@H](C)N(CCO)C[C@H](C)O3)[C@@H](C)C(=O)O[C@H]([C@@H](C)CO[C@@H]3O[C@H](C)[C@@H](O)[C@@H](OC)[C@H]3OC)[C@H](C)[C@@H](OC(=O)CC(C)C)[C@@H](C)C(=O)[C@@](C)(OC(=O)NCc3ccccc3)C[C@@H]2C)[C@@H]1O.